The van der Waals surface area contributed by atoms with Gasteiger partial charge in [-0.2, -0.15) is 0 Å². The van der Waals surface area contributed by atoms with Crippen LogP contribution in [0.25, 0.3) is 99.5 Å². The number of fused-ring (bicyclic) bond motifs is 6. The monoisotopic (exact) mass is 748 g/mol. The van der Waals surface area contributed by atoms with Crippen LogP contribution in [-0.4, -0.2) is 32.7 Å². The number of nitrogens with zero attached hydrogens (tertiary/aromatic N) is 2. The fourth-order valence-corrected chi connectivity index (χ4v) is 9.66. The maximum atomic E-state index is 2.53. The molecular weight excluding hydrogens is 709 g/mol. The lowest BCUT2D eigenvalue weighted by molar-refractivity contribution is 1.18. The Morgan fingerprint density at radius 2 is 0.814 bits per heavy atom. The molecule has 2 aromatic heterocycles. The summed E-state index contributed by atoms with van der Waals surface area (Å²) in [6.07, 6.45) is 0. The van der Waals surface area contributed by atoms with Crippen LogP contribution in [0.4, 0.5) is 0 Å². The highest BCUT2D eigenvalue weighted by atomic mass is 15.0. The number of benzene rings is 9. The molecule has 2 heterocycles. The van der Waals surface area contributed by atoms with Crippen LogP contribution in [0.1, 0.15) is 0 Å². The SMILES string of the molecule is Bc1c(-c2ccc3c(c2)c2ccccc2n3-c2ccccc2)c(B)c2c3cccc(-c4ccccc4)c3n(-c3ccc(-c4ccc(-c5ccccc5)cc4)cc3)c2c1B. The second-order valence-corrected chi connectivity index (χ2v) is 15.8. The maximum absolute atomic E-state index is 2.53. The van der Waals surface area contributed by atoms with E-state index in [2.05, 4.69) is 233 Å². The van der Waals surface area contributed by atoms with Crippen LogP contribution in [0.2, 0.25) is 0 Å². The van der Waals surface area contributed by atoms with Crippen LogP contribution in [0.5, 0.6) is 0 Å². The van der Waals surface area contributed by atoms with E-state index in [0.29, 0.717) is 0 Å². The van der Waals surface area contributed by atoms with Crippen LogP contribution >= 0.6 is 0 Å². The summed E-state index contributed by atoms with van der Waals surface area (Å²) in [6, 6.07) is 73.0. The first-order valence-corrected chi connectivity index (χ1v) is 20.5. The van der Waals surface area contributed by atoms with Crippen molar-refractivity contribution in [2.45, 2.75) is 0 Å². The molecule has 0 saturated heterocycles. The van der Waals surface area contributed by atoms with Gasteiger partial charge in [0.15, 0.2) is 0 Å². The van der Waals surface area contributed by atoms with Crippen LogP contribution < -0.4 is 16.4 Å². The first kappa shape index (κ1) is 35.0. The molecule has 0 saturated carbocycles. The second-order valence-electron chi connectivity index (χ2n) is 15.8. The number of para-hydroxylation sites is 3. The summed E-state index contributed by atoms with van der Waals surface area (Å²) >= 11 is 0. The number of hydrogen-bond donors (Lipinski definition) is 0. The van der Waals surface area contributed by atoms with Crippen LogP contribution in [-0.2, 0) is 0 Å². The van der Waals surface area contributed by atoms with E-state index in [1.807, 2.05) is 0 Å². The second kappa shape index (κ2) is 14.0. The van der Waals surface area contributed by atoms with Gasteiger partial charge >= 0.3 is 0 Å². The Hall–Kier alpha value is -7.23. The molecule has 11 rings (SSSR count). The van der Waals surface area contributed by atoms with Gasteiger partial charge in [-0.3, -0.25) is 0 Å². The van der Waals surface area contributed by atoms with Crippen molar-refractivity contribution in [3.8, 4) is 55.9 Å². The predicted molar refractivity (Wildman–Crippen MR) is 261 cm³/mol. The molecule has 0 radical (unpaired) electrons. The van der Waals surface area contributed by atoms with Gasteiger partial charge in [-0.15, -0.1) is 0 Å². The molecule has 9 aromatic carbocycles. The van der Waals surface area contributed by atoms with Gasteiger partial charge in [-0.25, -0.2) is 0 Å². The molecule has 0 aliphatic rings. The molecule has 11 aromatic rings. The Morgan fingerprint density at radius 1 is 0.305 bits per heavy atom. The minimum Gasteiger partial charge on any atom is -0.309 e. The molecule has 0 N–H and O–H groups in total. The smallest absolute Gasteiger partial charge is 0.141 e. The molecule has 59 heavy (non-hydrogen) atoms. The standard InChI is InChI=1S/C54H39B3N2/c55-50-48(39-29-32-47-45(33-39)43-19-10-11-22-46(43)58(47)40-17-8-3-9-18-40)51(56)52(57)54-49(50)44-21-12-20-42(38-15-6-2-7-16-38)53(44)59(54)41-30-27-37(28-31-41)36-25-23-35(24-26-36)34-13-4-1-5-14-34/h1-33H,55-57H2. The van der Waals surface area contributed by atoms with Gasteiger partial charge < -0.3 is 9.13 Å². The van der Waals surface area contributed by atoms with Crippen molar-refractivity contribution >= 4 is 83.5 Å². The largest absolute Gasteiger partial charge is 0.309 e. The third-order valence-electron chi connectivity index (χ3n) is 12.5. The first-order chi connectivity index (χ1) is 29.0. The minimum absolute atomic E-state index is 1.16. The summed E-state index contributed by atoms with van der Waals surface area (Å²) in [5.41, 5.74) is 21.0. The Kier molecular flexibility index (Phi) is 8.30. The molecule has 2 nitrogen and oxygen atoms in total. The summed E-state index contributed by atoms with van der Waals surface area (Å²) in [6.45, 7) is 0. The zero-order chi connectivity index (χ0) is 39.6. The van der Waals surface area contributed by atoms with Crippen LogP contribution in [0.3, 0.4) is 0 Å². The van der Waals surface area contributed by atoms with Crippen molar-refractivity contribution in [3.63, 3.8) is 0 Å². The lowest BCUT2D eigenvalue weighted by Crippen LogP contribution is -2.35. The fourth-order valence-electron chi connectivity index (χ4n) is 9.66. The van der Waals surface area contributed by atoms with E-state index in [0.717, 1.165) is 5.69 Å². The highest BCUT2D eigenvalue weighted by Gasteiger charge is 2.24. The third kappa shape index (κ3) is 5.61. The maximum Gasteiger partial charge on any atom is 0.141 e. The summed E-state index contributed by atoms with van der Waals surface area (Å²) in [7, 11) is 6.97. The normalized spacial score (nSPS) is 11.6. The van der Waals surface area contributed by atoms with Crippen LogP contribution in [0, 0.1) is 0 Å². The summed E-state index contributed by atoms with van der Waals surface area (Å²) in [4.78, 5) is 0. The van der Waals surface area contributed by atoms with E-state index >= 15 is 0 Å². The molecule has 0 aliphatic carbocycles. The Balaban J connectivity index is 1.12. The molecule has 0 atom stereocenters. The van der Waals surface area contributed by atoms with Crippen molar-refractivity contribution in [1.82, 2.24) is 9.13 Å². The highest BCUT2D eigenvalue weighted by molar-refractivity contribution is 6.60. The molecule has 0 bridgehead atoms. The van der Waals surface area contributed by atoms with Crippen molar-refractivity contribution in [2.75, 3.05) is 0 Å². The van der Waals surface area contributed by atoms with E-state index < -0.39 is 0 Å². The Morgan fingerprint density at radius 3 is 1.49 bits per heavy atom. The van der Waals surface area contributed by atoms with Gasteiger partial charge in [0.25, 0.3) is 0 Å². The van der Waals surface area contributed by atoms with Gasteiger partial charge in [-0.05, 0) is 81.4 Å². The summed E-state index contributed by atoms with van der Waals surface area (Å²) in [5.74, 6) is 0. The van der Waals surface area contributed by atoms with Gasteiger partial charge in [0.05, 0.1) is 16.6 Å². The lowest BCUT2D eigenvalue weighted by atomic mass is 9.69. The minimum atomic E-state index is 1.16. The van der Waals surface area contributed by atoms with Crippen LogP contribution in [0.15, 0.2) is 200 Å². The van der Waals surface area contributed by atoms with Gasteiger partial charge in [-0.1, -0.05) is 174 Å². The average molecular weight is 748 g/mol. The molecule has 274 valence electrons. The Bertz CT molecular complexity index is 3370. The highest BCUT2D eigenvalue weighted by Crippen LogP contribution is 2.39. The summed E-state index contributed by atoms with van der Waals surface area (Å²) in [5, 5.41) is 5.11. The number of rotatable bonds is 6. The molecule has 0 spiro atoms. The van der Waals surface area contributed by atoms with Gasteiger partial charge in [0.1, 0.15) is 23.5 Å². The molecule has 0 aliphatic heterocycles. The van der Waals surface area contributed by atoms with Gasteiger partial charge in [0.2, 0.25) is 0 Å². The van der Waals surface area contributed by atoms with Crippen molar-refractivity contribution in [2.24, 2.45) is 0 Å². The Labute approximate surface area is 347 Å². The average Bonchev–Trinajstić information content (AvgIpc) is 3.83. The quantitative estimate of drug-likeness (QED) is 0.150. The third-order valence-corrected chi connectivity index (χ3v) is 12.5. The molecule has 0 amide bonds. The summed E-state index contributed by atoms with van der Waals surface area (Å²) < 4.78 is 4.93. The molecule has 0 fully saturated rings. The first-order valence-electron chi connectivity index (χ1n) is 20.5. The van der Waals surface area contributed by atoms with E-state index in [1.54, 1.807) is 0 Å². The predicted octanol–water partition coefficient (Wildman–Crippen LogP) is 9.32. The van der Waals surface area contributed by atoms with E-state index in [1.165, 1.54) is 110 Å². The van der Waals surface area contributed by atoms with E-state index in [-0.39, 0.29) is 0 Å². The van der Waals surface area contributed by atoms with Gasteiger partial charge in [0, 0.05) is 44.0 Å². The van der Waals surface area contributed by atoms with E-state index in [4.69, 9.17) is 0 Å². The van der Waals surface area contributed by atoms with Crippen molar-refractivity contribution in [1.29, 1.82) is 0 Å². The fraction of sp³-hybridized carbons (Fsp3) is 0. The number of hydrogen-bond acceptors (Lipinski definition) is 0. The van der Waals surface area contributed by atoms with Crippen molar-refractivity contribution < 1.29 is 0 Å². The molecular formula is C54H39B3N2. The molecule has 0 unspecified atom stereocenters. The van der Waals surface area contributed by atoms with E-state index in [9.17, 15) is 0 Å². The van der Waals surface area contributed by atoms with Crippen molar-refractivity contribution in [3.05, 3.63) is 200 Å². The zero-order valence-electron chi connectivity index (χ0n) is 33.4. The molecule has 5 heteroatoms. The lowest BCUT2D eigenvalue weighted by Gasteiger charge is -2.19. The topological polar surface area (TPSA) is 9.86 Å². The zero-order valence-corrected chi connectivity index (χ0v) is 33.4. The number of aromatic nitrogens is 2.